The molecule has 0 aliphatic carbocycles. The second kappa shape index (κ2) is 5.86. The Morgan fingerprint density at radius 3 is 2.47 bits per heavy atom. The van der Waals surface area contributed by atoms with E-state index >= 15 is 0 Å². The van der Waals surface area contributed by atoms with E-state index in [9.17, 15) is 9.59 Å². The fraction of sp³-hybridized carbons (Fsp3) is 0.818. The van der Waals surface area contributed by atoms with E-state index in [0.717, 1.165) is 12.8 Å². The summed E-state index contributed by atoms with van der Waals surface area (Å²) in [6.45, 7) is 4.57. The van der Waals surface area contributed by atoms with Gasteiger partial charge in [0.05, 0.1) is 5.41 Å². The maximum Gasteiger partial charge on any atom is 0.315 e. The third-order valence-electron chi connectivity index (χ3n) is 2.83. The maximum absolute atomic E-state index is 11.5. The molecule has 1 rings (SSSR count). The molecule has 3 N–H and O–H groups in total. The lowest BCUT2D eigenvalue weighted by Gasteiger charge is -2.25. The number of carboxylic acid groups (broad SMARTS) is 1. The highest BCUT2D eigenvalue weighted by Crippen LogP contribution is 2.13. The van der Waals surface area contributed by atoms with Crippen LogP contribution in [0.15, 0.2) is 0 Å². The van der Waals surface area contributed by atoms with E-state index < -0.39 is 11.4 Å². The van der Waals surface area contributed by atoms with Crippen LogP contribution in [0.5, 0.6) is 0 Å². The van der Waals surface area contributed by atoms with Gasteiger partial charge >= 0.3 is 12.0 Å². The van der Waals surface area contributed by atoms with Gasteiger partial charge in [0.2, 0.25) is 0 Å². The number of ether oxygens (including phenoxy) is 1. The zero-order valence-electron chi connectivity index (χ0n) is 10.3. The topological polar surface area (TPSA) is 87.7 Å². The van der Waals surface area contributed by atoms with Gasteiger partial charge < -0.3 is 20.5 Å². The summed E-state index contributed by atoms with van der Waals surface area (Å²) in [5.41, 5.74) is -0.951. The Morgan fingerprint density at radius 2 is 1.94 bits per heavy atom. The largest absolute Gasteiger partial charge is 0.481 e. The van der Waals surface area contributed by atoms with Gasteiger partial charge in [-0.3, -0.25) is 4.79 Å². The third kappa shape index (κ3) is 4.60. The normalized spacial score (nSPS) is 17.5. The SMILES string of the molecule is CC(C)(CNC(=O)NC1CCOCC1)C(=O)O. The number of aliphatic carboxylic acids is 1. The van der Waals surface area contributed by atoms with E-state index in [2.05, 4.69) is 10.6 Å². The molecule has 2 amide bonds. The maximum atomic E-state index is 11.5. The molecular formula is C11H20N2O4. The van der Waals surface area contributed by atoms with Crippen LogP contribution in [0.4, 0.5) is 4.79 Å². The van der Waals surface area contributed by atoms with Crippen molar-refractivity contribution in [1.82, 2.24) is 10.6 Å². The minimum absolute atomic E-state index is 0.109. The van der Waals surface area contributed by atoms with E-state index in [1.54, 1.807) is 13.8 Å². The molecule has 0 spiro atoms. The van der Waals surface area contributed by atoms with Crippen LogP contribution in [0.3, 0.4) is 0 Å². The number of carbonyl (C=O) groups excluding carboxylic acids is 1. The second-order valence-electron chi connectivity index (χ2n) is 4.90. The van der Waals surface area contributed by atoms with Crippen LogP contribution in [0.1, 0.15) is 26.7 Å². The minimum atomic E-state index is -0.951. The molecule has 98 valence electrons. The van der Waals surface area contributed by atoms with E-state index in [1.165, 1.54) is 0 Å². The number of amides is 2. The van der Waals surface area contributed by atoms with Crippen molar-refractivity contribution in [3.8, 4) is 0 Å². The molecule has 0 aromatic carbocycles. The molecule has 17 heavy (non-hydrogen) atoms. The first kappa shape index (κ1) is 13.8. The summed E-state index contributed by atoms with van der Waals surface area (Å²) in [4.78, 5) is 22.4. The van der Waals surface area contributed by atoms with E-state index in [-0.39, 0.29) is 18.6 Å². The highest BCUT2D eigenvalue weighted by Gasteiger charge is 2.27. The van der Waals surface area contributed by atoms with Crippen molar-refractivity contribution in [1.29, 1.82) is 0 Å². The van der Waals surface area contributed by atoms with Crippen molar-refractivity contribution in [3.05, 3.63) is 0 Å². The molecule has 1 saturated heterocycles. The van der Waals surface area contributed by atoms with E-state index in [1.807, 2.05) is 0 Å². The number of rotatable bonds is 4. The molecule has 1 aliphatic heterocycles. The monoisotopic (exact) mass is 244 g/mol. The molecule has 0 aromatic rings. The highest BCUT2D eigenvalue weighted by atomic mass is 16.5. The Bertz CT molecular complexity index is 285. The van der Waals surface area contributed by atoms with Gasteiger partial charge in [0.25, 0.3) is 0 Å². The third-order valence-corrected chi connectivity index (χ3v) is 2.83. The van der Waals surface area contributed by atoms with Crippen molar-refractivity contribution in [2.75, 3.05) is 19.8 Å². The van der Waals surface area contributed by atoms with Gasteiger partial charge in [0, 0.05) is 25.8 Å². The Hall–Kier alpha value is -1.30. The summed E-state index contributed by atoms with van der Waals surface area (Å²) in [5.74, 6) is -0.927. The van der Waals surface area contributed by atoms with Crippen LogP contribution >= 0.6 is 0 Å². The average Bonchev–Trinajstić information content (AvgIpc) is 2.28. The molecule has 6 heteroatoms. The van der Waals surface area contributed by atoms with Gasteiger partial charge in [-0.15, -0.1) is 0 Å². The molecule has 1 heterocycles. The Kier molecular flexibility index (Phi) is 4.74. The predicted molar refractivity (Wildman–Crippen MR) is 61.8 cm³/mol. The van der Waals surface area contributed by atoms with Gasteiger partial charge in [-0.25, -0.2) is 4.79 Å². The molecular weight excluding hydrogens is 224 g/mol. The van der Waals surface area contributed by atoms with Crippen molar-refractivity contribution in [2.24, 2.45) is 5.41 Å². The molecule has 0 atom stereocenters. The fourth-order valence-corrected chi connectivity index (χ4v) is 1.46. The standard InChI is InChI=1S/C11H20N2O4/c1-11(2,9(14)15)7-12-10(16)13-8-3-5-17-6-4-8/h8H,3-7H2,1-2H3,(H,14,15)(H2,12,13,16). The summed E-state index contributed by atoms with van der Waals surface area (Å²) >= 11 is 0. The first-order valence-corrected chi connectivity index (χ1v) is 5.77. The fourth-order valence-electron chi connectivity index (χ4n) is 1.46. The zero-order chi connectivity index (χ0) is 12.9. The lowest BCUT2D eigenvalue weighted by atomic mass is 9.94. The van der Waals surface area contributed by atoms with Gasteiger partial charge in [-0.1, -0.05) is 0 Å². The molecule has 1 aliphatic rings. The summed E-state index contributed by atoms with van der Waals surface area (Å²) in [7, 11) is 0. The van der Waals surface area contributed by atoms with Crippen LogP contribution in [0.2, 0.25) is 0 Å². The number of hydrogen-bond donors (Lipinski definition) is 3. The van der Waals surface area contributed by atoms with Crippen LogP contribution in [0, 0.1) is 5.41 Å². The lowest BCUT2D eigenvalue weighted by Crippen LogP contribution is -2.48. The lowest BCUT2D eigenvalue weighted by molar-refractivity contribution is -0.146. The van der Waals surface area contributed by atoms with E-state index in [0.29, 0.717) is 13.2 Å². The number of carboxylic acids is 1. The number of carbonyl (C=O) groups is 2. The zero-order valence-corrected chi connectivity index (χ0v) is 10.3. The number of urea groups is 1. The molecule has 0 unspecified atom stereocenters. The second-order valence-corrected chi connectivity index (χ2v) is 4.90. The Morgan fingerprint density at radius 1 is 1.35 bits per heavy atom. The molecule has 0 saturated carbocycles. The quantitative estimate of drug-likeness (QED) is 0.675. The first-order valence-electron chi connectivity index (χ1n) is 5.77. The van der Waals surface area contributed by atoms with Crippen LogP contribution in [-0.2, 0) is 9.53 Å². The summed E-state index contributed by atoms with van der Waals surface area (Å²) in [6.07, 6.45) is 1.60. The first-order chi connectivity index (χ1) is 7.92. The van der Waals surface area contributed by atoms with Crippen molar-refractivity contribution < 1.29 is 19.4 Å². The Balaban J connectivity index is 2.27. The number of hydrogen-bond acceptors (Lipinski definition) is 3. The summed E-state index contributed by atoms with van der Waals surface area (Å²) < 4.78 is 5.18. The predicted octanol–water partition coefficient (Wildman–Crippen LogP) is 0.575. The van der Waals surface area contributed by atoms with Crippen LogP contribution in [0.25, 0.3) is 0 Å². The summed E-state index contributed by atoms with van der Waals surface area (Å²) in [5, 5.41) is 14.3. The van der Waals surface area contributed by atoms with Crippen LogP contribution < -0.4 is 10.6 Å². The van der Waals surface area contributed by atoms with Gasteiger partial charge in [0.1, 0.15) is 0 Å². The van der Waals surface area contributed by atoms with Gasteiger partial charge in [-0.05, 0) is 26.7 Å². The van der Waals surface area contributed by atoms with Crippen LogP contribution in [-0.4, -0.2) is 42.9 Å². The molecule has 0 bridgehead atoms. The van der Waals surface area contributed by atoms with Crippen molar-refractivity contribution >= 4 is 12.0 Å². The molecule has 0 radical (unpaired) electrons. The number of nitrogens with one attached hydrogen (secondary N) is 2. The van der Waals surface area contributed by atoms with E-state index in [4.69, 9.17) is 9.84 Å². The van der Waals surface area contributed by atoms with Gasteiger partial charge in [-0.2, -0.15) is 0 Å². The highest BCUT2D eigenvalue weighted by molar-refractivity contribution is 5.77. The Labute approximate surface area is 101 Å². The average molecular weight is 244 g/mol. The van der Waals surface area contributed by atoms with Crippen molar-refractivity contribution in [2.45, 2.75) is 32.7 Å². The smallest absolute Gasteiger partial charge is 0.315 e. The van der Waals surface area contributed by atoms with Crippen molar-refractivity contribution in [3.63, 3.8) is 0 Å². The minimum Gasteiger partial charge on any atom is -0.481 e. The molecule has 0 aromatic heterocycles. The molecule has 6 nitrogen and oxygen atoms in total. The summed E-state index contributed by atoms with van der Waals surface area (Å²) in [6, 6.07) is -0.192. The van der Waals surface area contributed by atoms with Gasteiger partial charge in [0.15, 0.2) is 0 Å². The molecule has 1 fully saturated rings.